The molecule has 0 bridgehead atoms. The van der Waals surface area contributed by atoms with Crippen molar-refractivity contribution in [1.29, 1.82) is 0 Å². The van der Waals surface area contributed by atoms with Gasteiger partial charge in [0.05, 0.1) is 24.3 Å². The van der Waals surface area contributed by atoms with Gasteiger partial charge < -0.3 is 9.64 Å². The molecule has 7 heteroatoms. The SMILES string of the molecule is CCOC(=O)C1=C(C)N(Cc2ccccc2)C(=O)C[C@H]1c1cccc(C(F)(F)F)c1. The zero-order chi connectivity index (χ0) is 21.9. The first kappa shape index (κ1) is 21.6. The predicted octanol–water partition coefficient (Wildman–Crippen LogP) is 5.06. The smallest absolute Gasteiger partial charge is 0.416 e. The van der Waals surface area contributed by atoms with Gasteiger partial charge in [0.2, 0.25) is 5.91 Å². The van der Waals surface area contributed by atoms with Crippen LogP contribution in [-0.4, -0.2) is 23.4 Å². The summed E-state index contributed by atoms with van der Waals surface area (Å²) in [6.07, 6.45) is -4.63. The number of nitrogens with zero attached hydrogens (tertiary/aromatic N) is 1. The molecule has 4 nitrogen and oxygen atoms in total. The Balaban J connectivity index is 2.06. The van der Waals surface area contributed by atoms with Gasteiger partial charge in [0.25, 0.3) is 0 Å². The fraction of sp³-hybridized carbons (Fsp3) is 0.304. The van der Waals surface area contributed by atoms with E-state index in [2.05, 4.69) is 0 Å². The molecular formula is C23H22F3NO3. The lowest BCUT2D eigenvalue weighted by atomic mass is 9.83. The first-order valence-electron chi connectivity index (χ1n) is 9.61. The summed E-state index contributed by atoms with van der Waals surface area (Å²) in [7, 11) is 0. The molecule has 3 rings (SSSR count). The lowest BCUT2D eigenvalue weighted by Crippen LogP contribution is -2.38. The molecule has 0 spiro atoms. The van der Waals surface area contributed by atoms with Crippen molar-refractivity contribution < 1.29 is 27.5 Å². The Kier molecular flexibility index (Phi) is 6.29. The number of ether oxygens (including phenoxy) is 1. The summed E-state index contributed by atoms with van der Waals surface area (Å²) in [5.74, 6) is -1.68. The van der Waals surface area contributed by atoms with Crippen LogP contribution in [0.3, 0.4) is 0 Å². The minimum atomic E-state index is -4.52. The van der Waals surface area contributed by atoms with E-state index in [1.165, 1.54) is 17.0 Å². The van der Waals surface area contributed by atoms with Gasteiger partial charge >= 0.3 is 12.1 Å². The van der Waals surface area contributed by atoms with E-state index >= 15 is 0 Å². The molecule has 1 amide bonds. The maximum atomic E-state index is 13.2. The molecule has 2 aromatic rings. The Hall–Kier alpha value is -3.09. The van der Waals surface area contributed by atoms with Crippen LogP contribution in [0.1, 0.15) is 42.9 Å². The number of halogens is 3. The Morgan fingerprint density at radius 1 is 1.13 bits per heavy atom. The number of hydrogen-bond donors (Lipinski definition) is 0. The second kappa shape index (κ2) is 8.73. The van der Waals surface area contributed by atoms with E-state index in [1.54, 1.807) is 13.8 Å². The fourth-order valence-corrected chi connectivity index (χ4v) is 3.66. The van der Waals surface area contributed by atoms with Crippen LogP contribution in [0.2, 0.25) is 0 Å². The van der Waals surface area contributed by atoms with Gasteiger partial charge in [-0.05, 0) is 31.0 Å². The summed E-state index contributed by atoms with van der Waals surface area (Å²) in [5.41, 5.74) is 0.938. The molecule has 0 N–H and O–H groups in total. The van der Waals surface area contributed by atoms with Crippen molar-refractivity contribution in [3.8, 4) is 0 Å². The zero-order valence-electron chi connectivity index (χ0n) is 16.7. The van der Waals surface area contributed by atoms with Crippen LogP contribution in [0.4, 0.5) is 13.2 Å². The Bertz CT molecular complexity index is 967. The second-order valence-corrected chi connectivity index (χ2v) is 7.06. The highest BCUT2D eigenvalue weighted by molar-refractivity contribution is 5.95. The van der Waals surface area contributed by atoms with E-state index in [4.69, 9.17) is 4.74 Å². The molecule has 0 fully saturated rings. The molecule has 1 atom stereocenters. The normalized spacial score (nSPS) is 17.3. The summed E-state index contributed by atoms with van der Waals surface area (Å²) in [6, 6.07) is 14.0. The van der Waals surface area contributed by atoms with E-state index in [0.717, 1.165) is 17.7 Å². The summed E-state index contributed by atoms with van der Waals surface area (Å²) in [5, 5.41) is 0. The number of benzene rings is 2. The number of hydrogen-bond acceptors (Lipinski definition) is 3. The summed E-state index contributed by atoms with van der Waals surface area (Å²) in [4.78, 5) is 27.1. The standard InChI is InChI=1S/C23H22F3NO3/c1-3-30-22(29)21-15(2)27(14-16-8-5-4-6-9-16)20(28)13-19(21)17-10-7-11-18(12-17)23(24,25)26/h4-12,19H,3,13-14H2,1-2H3/t19-/m0/s1. The van der Waals surface area contributed by atoms with Gasteiger partial charge in [-0.3, -0.25) is 4.79 Å². The summed E-state index contributed by atoms with van der Waals surface area (Å²) < 4.78 is 44.7. The van der Waals surface area contributed by atoms with Gasteiger partial charge in [-0.15, -0.1) is 0 Å². The lowest BCUT2D eigenvalue weighted by Gasteiger charge is -2.34. The number of allylic oxidation sites excluding steroid dienone is 1. The molecule has 1 aliphatic rings. The fourth-order valence-electron chi connectivity index (χ4n) is 3.66. The number of alkyl halides is 3. The molecule has 1 heterocycles. The molecule has 1 aliphatic heterocycles. The van der Waals surface area contributed by atoms with Gasteiger partial charge in [-0.25, -0.2) is 4.79 Å². The minimum Gasteiger partial charge on any atom is -0.463 e. The Labute approximate surface area is 173 Å². The van der Waals surface area contributed by atoms with Crippen LogP contribution in [0.25, 0.3) is 0 Å². The molecule has 0 radical (unpaired) electrons. The third-order valence-corrected chi connectivity index (χ3v) is 5.12. The minimum absolute atomic E-state index is 0.111. The molecule has 0 saturated carbocycles. The highest BCUT2D eigenvalue weighted by atomic mass is 19.4. The van der Waals surface area contributed by atoms with Crippen LogP contribution in [0.15, 0.2) is 65.9 Å². The molecular weight excluding hydrogens is 395 g/mol. The quantitative estimate of drug-likeness (QED) is 0.639. The number of carbonyl (C=O) groups is 2. The third-order valence-electron chi connectivity index (χ3n) is 5.12. The third kappa shape index (κ3) is 4.56. The van der Waals surface area contributed by atoms with Crippen molar-refractivity contribution in [2.24, 2.45) is 0 Å². The monoisotopic (exact) mass is 417 g/mol. The topological polar surface area (TPSA) is 46.6 Å². The second-order valence-electron chi connectivity index (χ2n) is 7.06. The van der Waals surface area contributed by atoms with Gasteiger partial charge in [0, 0.05) is 18.0 Å². The van der Waals surface area contributed by atoms with Crippen LogP contribution < -0.4 is 0 Å². The van der Waals surface area contributed by atoms with Crippen LogP contribution in [0, 0.1) is 0 Å². The first-order chi connectivity index (χ1) is 14.2. The largest absolute Gasteiger partial charge is 0.463 e. The van der Waals surface area contributed by atoms with E-state index in [1.807, 2.05) is 30.3 Å². The van der Waals surface area contributed by atoms with E-state index in [9.17, 15) is 22.8 Å². The average molecular weight is 417 g/mol. The summed E-state index contributed by atoms with van der Waals surface area (Å²) in [6.45, 7) is 3.68. The molecule has 0 aliphatic carbocycles. The Morgan fingerprint density at radius 2 is 1.83 bits per heavy atom. The maximum absolute atomic E-state index is 13.2. The van der Waals surface area contributed by atoms with Crippen molar-refractivity contribution in [3.05, 3.63) is 82.6 Å². The van der Waals surface area contributed by atoms with E-state index in [0.29, 0.717) is 5.70 Å². The van der Waals surface area contributed by atoms with Crippen molar-refractivity contribution in [2.45, 2.75) is 38.9 Å². The van der Waals surface area contributed by atoms with Gasteiger partial charge in [-0.2, -0.15) is 13.2 Å². The first-order valence-corrected chi connectivity index (χ1v) is 9.61. The molecule has 158 valence electrons. The van der Waals surface area contributed by atoms with Crippen molar-refractivity contribution >= 4 is 11.9 Å². The number of amides is 1. The van der Waals surface area contributed by atoms with Crippen LogP contribution >= 0.6 is 0 Å². The number of carbonyl (C=O) groups excluding carboxylic acids is 2. The van der Waals surface area contributed by atoms with Crippen molar-refractivity contribution in [3.63, 3.8) is 0 Å². The predicted molar refractivity (Wildman–Crippen MR) is 105 cm³/mol. The highest BCUT2D eigenvalue weighted by Crippen LogP contribution is 2.39. The zero-order valence-corrected chi connectivity index (χ0v) is 16.7. The molecule has 0 unspecified atom stereocenters. The van der Waals surface area contributed by atoms with Crippen molar-refractivity contribution in [1.82, 2.24) is 4.90 Å². The van der Waals surface area contributed by atoms with E-state index in [-0.39, 0.29) is 36.6 Å². The van der Waals surface area contributed by atoms with Gasteiger partial charge in [0.15, 0.2) is 0 Å². The molecule has 30 heavy (non-hydrogen) atoms. The number of esters is 1. The van der Waals surface area contributed by atoms with Crippen LogP contribution in [0.5, 0.6) is 0 Å². The average Bonchev–Trinajstić information content (AvgIpc) is 2.71. The summed E-state index contributed by atoms with van der Waals surface area (Å²) >= 11 is 0. The van der Waals surface area contributed by atoms with Crippen molar-refractivity contribution in [2.75, 3.05) is 6.61 Å². The number of rotatable bonds is 5. The highest BCUT2D eigenvalue weighted by Gasteiger charge is 2.38. The maximum Gasteiger partial charge on any atom is 0.416 e. The van der Waals surface area contributed by atoms with Gasteiger partial charge in [-0.1, -0.05) is 48.5 Å². The van der Waals surface area contributed by atoms with Crippen LogP contribution in [-0.2, 0) is 27.0 Å². The lowest BCUT2D eigenvalue weighted by molar-refractivity contribution is -0.140. The molecule has 0 saturated heterocycles. The Morgan fingerprint density at radius 3 is 2.47 bits per heavy atom. The molecule has 2 aromatic carbocycles. The molecule has 0 aromatic heterocycles. The van der Waals surface area contributed by atoms with E-state index < -0.39 is 23.6 Å². The van der Waals surface area contributed by atoms with Gasteiger partial charge in [0.1, 0.15) is 0 Å².